The minimum atomic E-state index is 0.0819. The largest absolute Gasteiger partial charge is 0.326 e. The molecule has 2 aliphatic heterocycles. The predicted octanol–water partition coefficient (Wildman–Crippen LogP) is 2.39. The van der Waals surface area contributed by atoms with E-state index < -0.39 is 0 Å². The zero-order chi connectivity index (χ0) is 17.4. The Hall–Kier alpha value is -2.17. The highest BCUT2D eigenvalue weighted by atomic mass is 16.2. The molecule has 2 N–H and O–H groups in total. The maximum Gasteiger partial charge on any atom is 0.241 e. The lowest BCUT2D eigenvalue weighted by Crippen LogP contribution is -2.43. The van der Waals surface area contributed by atoms with Crippen molar-refractivity contribution in [2.75, 3.05) is 24.5 Å². The summed E-state index contributed by atoms with van der Waals surface area (Å²) in [5.74, 6) is 0.482. The van der Waals surface area contributed by atoms with Crippen molar-refractivity contribution in [1.82, 2.24) is 4.90 Å². The molecule has 0 radical (unpaired) electrons. The first-order valence-electron chi connectivity index (χ1n) is 9.06. The molecule has 2 aromatic rings. The number of likely N-dealkylation sites (tertiary alicyclic amines) is 1. The minimum absolute atomic E-state index is 0.0819. The molecule has 0 aliphatic carbocycles. The van der Waals surface area contributed by atoms with Gasteiger partial charge in [-0.15, -0.1) is 0 Å². The van der Waals surface area contributed by atoms with Gasteiger partial charge in [-0.1, -0.05) is 48.5 Å². The van der Waals surface area contributed by atoms with Gasteiger partial charge >= 0.3 is 0 Å². The molecule has 130 valence electrons. The van der Waals surface area contributed by atoms with Gasteiger partial charge in [-0.2, -0.15) is 0 Å². The zero-order valence-corrected chi connectivity index (χ0v) is 14.6. The van der Waals surface area contributed by atoms with Crippen LogP contribution < -0.4 is 10.6 Å². The third-order valence-electron chi connectivity index (χ3n) is 5.50. The summed E-state index contributed by atoms with van der Waals surface area (Å²) >= 11 is 0. The number of carbonyl (C=O) groups is 1. The Kier molecular flexibility index (Phi) is 4.32. The second-order valence-electron chi connectivity index (χ2n) is 7.32. The van der Waals surface area contributed by atoms with Crippen LogP contribution in [0.1, 0.15) is 24.0 Å². The van der Waals surface area contributed by atoms with E-state index in [4.69, 9.17) is 5.73 Å². The molecule has 1 unspecified atom stereocenters. The fourth-order valence-electron chi connectivity index (χ4n) is 4.31. The van der Waals surface area contributed by atoms with E-state index in [9.17, 15) is 4.79 Å². The Morgan fingerprint density at radius 1 is 1.08 bits per heavy atom. The number of rotatable bonds is 3. The smallest absolute Gasteiger partial charge is 0.241 e. The van der Waals surface area contributed by atoms with Crippen LogP contribution in [0, 0.1) is 0 Å². The molecule has 0 saturated carbocycles. The number of nitrogens with zero attached hydrogens (tertiary/aromatic N) is 2. The fraction of sp³-hybridized carbons (Fsp3) is 0.381. The number of para-hydroxylation sites is 1. The first-order chi connectivity index (χ1) is 12.1. The lowest BCUT2D eigenvalue weighted by molar-refractivity contribution is -0.119. The monoisotopic (exact) mass is 335 g/mol. The third-order valence-corrected chi connectivity index (χ3v) is 5.50. The van der Waals surface area contributed by atoms with Crippen LogP contribution in [0.3, 0.4) is 0 Å². The molecule has 0 aromatic heterocycles. The Morgan fingerprint density at radius 2 is 1.80 bits per heavy atom. The fourth-order valence-corrected chi connectivity index (χ4v) is 4.31. The van der Waals surface area contributed by atoms with E-state index in [1.165, 1.54) is 11.1 Å². The van der Waals surface area contributed by atoms with E-state index in [1.807, 2.05) is 23.1 Å². The lowest BCUT2D eigenvalue weighted by atomic mass is 9.95. The van der Waals surface area contributed by atoms with Crippen LogP contribution in [0.25, 0.3) is 0 Å². The van der Waals surface area contributed by atoms with Crippen LogP contribution >= 0.6 is 0 Å². The molecule has 2 aliphatic rings. The average Bonchev–Trinajstić information content (AvgIpc) is 3.14. The van der Waals surface area contributed by atoms with Crippen LogP contribution in [-0.4, -0.2) is 42.5 Å². The summed E-state index contributed by atoms with van der Waals surface area (Å²) < 4.78 is 0. The maximum atomic E-state index is 13.0. The Balaban J connectivity index is 1.46. The number of hydrogen-bond acceptors (Lipinski definition) is 3. The van der Waals surface area contributed by atoms with Crippen LogP contribution in [0.15, 0.2) is 54.6 Å². The van der Waals surface area contributed by atoms with Gasteiger partial charge in [0.25, 0.3) is 0 Å². The molecule has 25 heavy (non-hydrogen) atoms. The van der Waals surface area contributed by atoms with Crippen molar-refractivity contribution in [2.24, 2.45) is 5.73 Å². The molecule has 2 aromatic carbocycles. The van der Waals surface area contributed by atoms with Gasteiger partial charge in [0.05, 0.1) is 6.54 Å². The predicted molar refractivity (Wildman–Crippen MR) is 101 cm³/mol. The molecule has 3 atom stereocenters. The maximum absolute atomic E-state index is 13.0. The number of amides is 1. The van der Waals surface area contributed by atoms with Gasteiger partial charge in [0.15, 0.2) is 0 Å². The number of fused-ring (bicyclic) bond motifs is 1. The summed E-state index contributed by atoms with van der Waals surface area (Å²) in [5.41, 5.74) is 9.98. The van der Waals surface area contributed by atoms with Gasteiger partial charge < -0.3 is 10.6 Å². The zero-order valence-electron chi connectivity index (χ0n) is 14.6. The number of nitrogens with two attached hydrogens (primary N) is 1. The quantitative estimate of drug-likeness (QED) is 0.937. The minimum Gasteiger partial charge on any atom is -0.326 e. The number of anilines is 1. The molecule has 4 nitrogen and oxygen atoms in total. The first-order valence-corrected chi connectivity index (χ1v) is 9.06. The topological polar surface area (TPSA) is 49.6 Å². The molecule has 4 heteroatoms. The highest BCUT2D eigenvalue weighted by Crippen LogP contribution is 2.32. The van der Waals surface area contributed by atoms with Crippen molar-refractivity contribution >= 4 is 11.6 Å². The summed E-state index contributed by atoms with van der Waals surface area (Å²) in [6, 6.07) is 18.9. The van der Waals surface area contributed by atoms with Gasteiger partial charge in [-0.25, -0.2) is 0 Å². The SMILES string of the molecule is CC1Cc2ccccc2N1C(=O)CN1C[C@@H](N)[C@H](c2ccccc2)C1. The van der Waals surface area contributed by atoms with Gasteiger partial charge in [-0.05, 0) is 30.5 Å². The van der Waals surface area contributed by atoms with Crippen molar-refractivity contribution in [3.8, 4) is 0 Å². The van der Waals surface area contributed by atoms with E-state index >= 15 is 0 Å². The Bertz CT molecular complexity index is 761. The molecule has 1 fully saturated rings. The van der Waals surface area contributed by atoms with Gasteiger partial charge in [0.2, 0.25) is 5.91 Å². The second kappa shape index (κ2) is 6.62. The number of hydrogen-bond donors (Lipinski definition) is 1. The Labute approximate surface area is 149 Å². The number of carbonyl (C=O) groups excluding carboxylic acids is 1. The van der Waals surface area contributed by atoms with Crippen LogP contribution in [-0.2, 0) is 11.2 Å². The van der Waals surface area contributed by atoms with Crippen molar-refractivity contribution in [2.45, 2.75) is 31.3 Å². The Morgan fingerprint density at radius 3 is 2.60 bits per heavy atom. The van der Waals surface area contributed by atoms with Crippen LogP contribution in [0.5, 0.6) is 0 Å². The van der Waals surface area contributed by atoms with E-state index in [2.05, 4.69) is 48.2 Å². The van der Waals surface area contributed by atoms with Gasteiger partial charge in [0, 0.05) is 36.8 Å². The molecule has 0 bridgehead atoms. The van der Waals surface area contributed by atoms with E-state index in [1.54, 1.807) is 0 Å². The summed E-state index contributed by atoms with van der Waals surface area (Å²) in [6.07, 6.45) is 0.939. The standard InChI is InChI=1S/C21H25N3O/c1-15-11-17-9-5-6-10-20(17)24(15)21(25)14-23-12-18(19(22)13-23)16-7-3-2-4-8-16/h2-10,15,18-19H,11-14,22H2,1H3/t15?,18-,19+/m0/s1. The van der Waals surface area contributed by atoms with E-state index in [0.717, 1.165) is 25.2 Å². The second-order valence-corrected chi connectivity index (χ2v) is 7.32. The molecular weight excluding hydrogens is 310 g/mol. The molecule has 4 rings (SSSR count). The van der Waals surface area contributed by atoms with E-state index in [0.29, 0.717) is 12.5 Å². The van der Waals surface area contributed by atoms with Gasteiger partial charge in [-0.3, -0.25) is 9.69 Å². The van der Waals surface area contributed by atoms with Crippen LogP contribution in [0.4, 0.5) is 5.69 Å². The lowest BCUT2D eigenvalue weighted by Gasteiger charge is -2.25. The summed E-state index contributed by atoms with van der Waals surface area (Å²) in [6.45, 7) is 4.19. The summed E-state index contributed by atoms with van der Waals surface area (Å²) in [7, 11) is 0. The third kappa shape index (κ3) is 3.08. The number of benzene rings is 2. The van der Waals surface area contributed by atoms with Crippen LogP contribution in [0.2, 0.25) is 0 Å². The normalized spacial score (nSPS) is 26.0. The van der Waals surface area contributed by atoms with Crippen molar-refractivity contribution in [1.29, 1.82) is 0 Å². The molecule has 2 heterocycles. The molecule has 0 spiro atoms. The summed E-state index contributed by atoms with van der Waals surface area (Å²) in [4.78, 5) is 17.1. The van der Waals surface area contributed by atoms with Crippen molar-refractivity contribution in [3.05, 3.63) is 65.7 Å². The molecule has 1 saturated heterocycles. The van der Waals surface area contributed by atoms with Crippen molar-refractivity contribution < 1.29 is 4.79 Å². The highest BCUT2D eigenvalue weighted by molar-refractivity contribution is 5.97. The average molecular weight is 335 g/mol. The highest BCUT2D eigenvalue weighted by Gasteiger charge is 2.35. The molecular formula is C21H25N3O. The van der Waals surface area contributed by atoms with Gasteiger partial charge in [0.1, 0.15) is 0 Å². The molecule has 1 amide bonds. The first kappa shape index (κ1) is 16.3. The summed E-state index contributed by atoms with van der Waals surface area (Å²) in [5, 5.41) is 0. The van der Waals surface area contributed by atoms with Crippen molar-refractivity contribution in [3.63, 3.8) is 0 Å². The van der Waals surface area contributed by atoms with E-state index in [-0.39, 0.29) is 18.0 Å².